The summed E-state index contributed by atoms with van der Waals surface area (Å²) in [5.41, 5.74) is 5.23. The summed E-state index contributed by atoms with van der Waals surface area (Å²) in [6, 6.07) is 10.4. The summed E-state index contributed by atoms with van der Waals surface area (Å²) >= 11 is 0. The fourth-order valence-electron chi connectivity index (χ4n) is 1.26. The maximum Gasteiger partial charge on any atom is 0.156 e. The minimum Gasteiger partial charge on any atom is -0.455 e. The Morgan fingerprint density at radius 1 is 1.00 bits per heavy atom. The molecule has 4 heteroatoms. The van der Waals surface area contributed by atoms with Crippen LogP contribution in [0.5, 0.6) is 11.5 Å². The number of rotatable bonds is 2. The molecular formula is C12H9F2NO. The van der Waals surface area contributed by atoms with Crippen LogP contribution in [0.25, 0.3) is 0 Å². The molecule has 0 fully saturated rings. The van der Waals surface area contributed by atoms with Gasteiger partial charge in [-0.05, 0) is 12.1 Å². The van der Waals surface area contributed by atoms with Gasteiger partial charge in [-0.1, -0.05) is 18.2 Å². The Hall–Kier alpha value is -2.10. The number of hydrogen-bond acceptors (Lipinski definition) is 2. The highest BCUT2D eigenvalue weighted by atomic mass is 19.1. The van der Waals surface area contributed by atoms with Gasteiger partial charge in [0.25, 0.3) is 0 Å². The Balaban J connectivity index is 2.35. The fourth-order valence-corrected chi connectivity index (χ4v) is 1.26. The minimum atomic E-state index is -0.828. The lowest BCUT2D eigenvalue weighted by molar-refractivity contribution is 0.472. The van der Waals surface area contributed by atoms with Crippen LogP contribution in [0, 0.1) is 11.6 Å². The van der Waals surface area contributed by atoms with Crippen molar-refractivity contribution in [2.45, 2.75) is 0 Å². The number of hydrogen-bond donors (Lipinski definition) is 1. The van der Waals surface area contributed by atoms with Crippen LogP contribution in [-0.4, -0.2) is 0 Å². The minimum absolute atomic E-state index is 0.0244. The number of nitrogens with two attached hydrogens (primary N) is 1. The second-order valence-corrected chi connectivity index (χ2v) is 3.21. The maximum atomic E-state index is 13.1. The molecule has 0 aliphatic heterocycles. The van der Waals surface area contributed by atoms with Crippen molar-refractivity contribution in [3.8, 4) is 11.5 Å². The van der Waals surface area contributed by atoms with Crippen molar-refractivity contribution in [2.24, 2.45) is 0 Å². The topological polar surface area (TPSA) is 35.2 Å². The van der Waals surface area contributed by atoms with Crippen molar-refractivity contribution in [3.05, 3.63) is 54.1 Å². The number of para-hydroxylation sites is 1. The summed E-state index contributed by atoms with van der Waals surface area (Å²) in [4.78, 5) is 0. The van der Waals surface area contributed by atoms with E-state index < -0.39 is 11.6 Å². The Kier molecular flexibility index (Phi) is 2.72. The van der Waals surface area contributed by atoms with E-state index in [9.17, 15) is 8.78 Å². The van der Waals surface area contributed by atoms with Gasteiger partial charge in [-0.3, -0.25) is 0 Å². The van der Waals surface area contributed by atoms with Gasteiger partial charge in [0.2, 0.25) is 0 Å². The molecule has 0 spiro atoms. The van der Waals surface area contributed by atoms with Crippen LogP contribution in [-0.2, 0) is 0 Å². The molecule has 0 heterocycles. The summed E-state index contributed by atoms with van der Waals surface area (Å²) in [5, 5.41) is 0. The van der Waals surface area contributed by atoms with Gasteiger partial charge in [-0.15, -0.1) is 0 Å². The van der Waals surface area contributed by atoms with E-state index in [-0.39, 0.29) is 11.4 Å². The highest BCUT2D eigenvalue weighted by Gasteiger charge is 2.09. The molecule has 2 N–H and O–H groups in total. The van der Waals surface area contributed by atoms with Gasteiger partial charge in [0.1, 0.15) is 17.3 Å². The maximum absolute atomic E-state index is 13.1. The van der Waals surface area contributed by atoms with Crippen LogP contribution in [0.2, 0.25) is 0 Å². The van der Waals surface area contributed by atoms with Gasteiger partial charge < -0.3 is 10.5 Å². The molecular weight excluding hydrogens is 212 g/mol. The highest BCUT2D eigenvalue weighted by molar-refractivity contribution is 5.55. The van der Waals surface area contributed by atoms with E-state index >= 15 is 0 Å². The second-order valence-electron chi connectivity index (χ2n) is 3.21. The second kappa shape index (κ2) is 4.18. The summed E-state index contributed by atoms with van der Waals surface area (Å²) < 4.78 is 31.3. The number of benzene rings is 2. The Labute approximate surface area is 91.3 Å². The smallest absolute Gasteiger partial charge is 0.156 e. The van der Waals surface area contributed by atoms with Gasteiger partial charge in [-0.2, -0.15) is 0 Å². The van der Waals surface area contributed by atoms with Gasteiger partial charge in [0, 0.05) is 12.1 Å². The van der Waals surface area contributed by atoms with Crippen molar-refractivity contribution in [2.75, 3.05) is 5.73 Å². The predicted molar refractivity (Wildman–Crippen MR) is 57.3 cm³/mol. The molecule has 2 rings (SSSR count). The van der Waals surface area contributed by atoms with Gasteiger partial charge in [0.15, 0.2) is 11.6 Å². The number of ether oxygens (including phenoxy) is 1. The van der Waals surface area contributed by atoms with E-state index in [2.05, 4.69) is 0 Å². The fraction of sp³-hybridized carbons (Fsp3) is 0. The molecule has 0 unspecified atom stereocenters. The van der Waals surface area contributed by atoms with Crippen LogP contribution in [0.3, 0.4) is 0 Å². The van der Waals surface area contributed by atoms with Gasteiger partial charge >= 0.3 is 0 Å². The zero-order chi connectivity index (χ0) is 11.5. The lowest BCUT2D eigenvalue weighted by Gasteiger charge is -2.08. The quantitative estimate of drug-likeness (QED) is 0.789. The average molecular weight is 221 g/mol. The third-order valence-corrected chi connectivity index (χ3v) is 2.03. The van der Waals surface area contributed by atoms with Crippen LogP contribution >= 0.6 is 0 Å². The number of halogens is 2. The number of nitrogen functional groups attached to an aromatic ring is 1. The standard InChI is InChI=1S/C12H9F2NO/c13-8-6-10(14)12(15)11(7-8)16-9-4-2-1-3-5-9/h1-7H,15H2. The summed E-state index contributed by atoms with van der Waals surface area (Å²) in [6.45, 7) is 0. The Morgan fingerprint density at radius 2 is 1.69 bits per heavy atom. The first-order valence-corrected chi connectivity index (χ1v) is 4.64. The third kappa shape index (κ3) is 2.11. The molecule has 82 valence electrons. The van der Waals surface area contributed by atoms with E-state index in [1.807, 2.05) is 6.07 Å². The average Bonchev–Trinajstić information content (AvgIpc) is 2.27. The summed E-state index contributed by atoms with van der Waals surface area (Å²) in [7, 11) is 0. The van der Waals surface area contributed by atoms with Crippen molar-refractivity contribution in [3.63, 3.8) is 0 Å². The van der Waals surface area contributed by atoms with Crippen LogP contribution in [0.1, 0.15) is 0 Å². The van der Waals surface area contributed by atoms with Gasteiger partial charge in [0.05, 0.1) is 0 Å². The Morgan fingerprint density at radius 3 is 2.38 bits per heavy atom. The van der Waals surface area contributed by atoms with Gasteiger partial charge in [-0.25, -0.2) is 8.78 Å². The number of anilines is 1. The predicted octanol–water partition coefficient (Wildman–Crippen LogP) is 3.34. The van der Waals surface area contributed by atoms with Crippen molar-refractivity contribution in [1.82, 2.24) is 0 Å². The van der Waals surface area contributed by atoms with E-state index in [0.717, 1.165) is 6.07 Å². The summed E-state index contributed by atoms with van der Waals surface area (Å²) in [6.07, 6.45) is 0. The summed E-state index contributed by atoms with van der Waals surface area (Å²) in [5.74, 6) is -1.11. The van der Waals surface area contributed by atoms with Crippen LogP contribution < -0.4 is 10.5 Å². The molecule has 0 radical (unpaired) electrons. The van der Waals surface area contributed by atoms with Crippen molar-refractivity contribution < 1.29 is 13.5 Å². The first-order chi connectivity index (χ1) is 7.66. The molecule has 16 heavy (non-hydrogen) atoms. The monoisotopic (exact) mass is 221 g/mol. The molecule has 0 saturated carbocycles. The molecule has 2 aromatic rings. The molecule has 0 aromatic heterocycles. The largest absolute Gasteiger partial charge is 0.455 e. The van der Waals surface area contributed by atoms with Crippen molar-refractivity contribution in [1.29, 1.82) is 0 Å². The zero-order valence-electron chi connectivity index (χ0n) is 8.28. The van der Waals surface area contributed by atoms with E-state index in [4.69, 9.17) is 10.5 Å². The van der Waals surface area contributed by atoms with E-state index in [1.54, 1.807) is 24.3 Å². The van der Waals surface area contributed by atoms with Crippen molar-refractivity contribution >= 4 is 5.69 Å². The molecule has 2 aromatic carbocycles. The zero-order valence-corrected chi connectivity index (χ0v) is 8.28. The third-order valence-electron chi connectivity index (χ3n) is 2.03. The van der Waals surface area contributed by atoms with Crippen LogP contribution in [0.4, 0.5) is 14.5 Å². The molecule has 0 saturated heterocycles. The lowest BCUT2D eigenvalue weighted by Crippen LogP contribution is -1.96. The van der Waals surface area contributed by atoms with E-state index in [0.29, 0.717) is 11.8 Å². The molecule has 0 amide bonds. The lowest BCUT2D eigenvalue weighted by atomic mass is 10.2. The SMILES string of the molecule is Nc1c(F)cc(F)cc1Oc1ccccc1. The highest BCUT2D eigenvalue weighted by Crippen LogP contribution is 2.30. The van der Waals surface area contributed by atoms with Crippen LogP contribution in [0.15, 0.2) is 42.5 Å². The molecule has 0 atom stereocenters. The normalized spacial score (nSPS) is 10.1. The Bertz CT molecular complexity index is 500. The molecule has 0 aliphatic carbocycles. The first kappa shape index (κ1) is 10.4. The first-order valence-electron chi connectivity index (χ1n) is 4.64. The van der Waals surface area contributed by atoms with E-state index in [1.165, 1.54) is 0 Å². The molecule has 2 nitrogen and oxygen atoms in total. The molecule has 0 aliphatic rings. The molecule has 0 bridgehead atoms.